The number of carbonyl (C=O) groups is 2. The van der Waals surface area contributed by atoms with Gasteiger partial charge < -0.3 is 24.1 Å². The van der Waals surface area contributed by atoms with E-state index < -0.39 is 24.8 Å². The monoisotopic (exact) mass is 427 g/mol. The quantitative estimate of drug-likeness (QED) is 0.513. The van der Waals surface area contributed by atoms with Gasteiger partial charge >= 0.3 is 5.97 Å². The number of methoxy groups -OCH3 is 1. The Hall–Kier alpha value is -3.19. The van der Waals surface area contributed by atoms with Crippen LogP contribution in [0.1, 0.15) is 24.2 Å². The number of H-pyrrole nitrogens is 1. The van der Waals surface area contributed by atoms with Crippen molar-refractivity contribution in [3.63, 3.8) is 0 Å². The van der Waals surface area contributed by atoms with Gasteiger partial charge in [-0.15, -0.1) is 11.6 Å². The number of esters is 1. The fourth-order valence-corrected chi connectivity index (χ4v) is 4.48. The zero-order valence-corrected chi connectivity index (χ0v) is 16.8. The standard InChI is InChI=1S/C22H19ClN2O5/c1-28-22(27)16-9-14-13-4-2-3-5-15(13)24-20(14)21(25(16)19(26)10-23)12-6-7-17-18(8-12)30-11-29-17/h2-8,16,21,24H,9-11H2,1H3/t16-,21-/m1/s1/i11D/t11?,16-,21-. The molecule has 3 atom stereocenters. The van der Waals surface area contributed by atoms with Crippen molar-refractivity contribution in [2.45, 2.75) is 18.5 Å². The summed E-state index contributed by atoms with van der Waals surface area (Å²) in [7, 11) is 1.31. The van der Waals surface area contributed by atoms with Crippen molar-refractivity contribution in [1.82, 2.24) is 9.88 Å². The number of benzene rings is 2. The number of hydrogen-bond acceptors (Lipinski definition) is 5. The Morgan fingerprint density at radius 3 is 2.87 bits per heavy atom. The molecule has 1 N–H and O–H groups in total. The van der Waals surface area contributed by atoms with Crippen LogP contribution in [0, 0.1) is 0 Å². The van der Waals surface area contributed by atoms with Gasteiger partial charge in [-0.3, -0.25) is 4.79 Å². The number of rotatable bonds is 3. The number of fused-ring (bicyclic) bond motifs is 4. The molecule has 1 aromatic heterocycles. The number of halogens is 1. The Morgan fingerprint density at radius 1 is 1.27 bits per heavy atom. The highest BCUT2D eigenvalue weighted by Crippen LogP contribution is 2.44. The van der Waals surface area contributed by atoms with Crippen LogP contribution in [0.15, 0.2) is 42.5 Å². The second-order valence-electron chi connectivity index (χ2n) is 7.18. The second-order valence-corrected chi connectivity index (χ2v) is 7.45. The van der Waals surface area contributed by atoms with E-state index in [1.165, 1.54) is 12.0 Å². The third-order valence-electron chi connectivity index (χ3n) is 5.64. The predicted octanol–water partition coefficient (Wildman–Crippen LogP) is 3.15. The molecule has 5 rings (SSSR count). The summed E-state index contributed by atoms with van der Waals surface area (Å²) in [6.45, 7) is -1.14. The summed E-state index contributed by atoms with van der Waals surface area (Å²) in [6, 6.07) is 11.6. The fraction of sp³-hybridized carbons (Fsp3) is 0.273. The molecule has 2 aromatic carbocycles. The molecule has 2 aliphatic heterocycles. The van der Waals surface area contributed by atoms with Crippen LogP contribution in [-0.4, -0.2) is 47.6 Å². The lowest BCUT2D eigenvalue weighted by Gasteiger charge is -2.40. The molecule has 30 heavy (non-hydrogen) atoms. The molecule has 3 heterocycles. The molecule has 3 aromatic rings. The molecule has 7 nitrogen and oxygen atoms in total. The van der Waals surface area contributed by atoms with Crippen LogP contribution in [0.5, 0.6) is 11.5 Å². The molecular formula is C22H19ClN2O5. The molecule has 0 spiro atoms. The van der Waals surface area contributed by atoms with Gasteiger partial charge in [0.1, 0.15) is 13.3 Å². The normalized spacial score (nSPS) is 22.5. The van der Waals surface area contributed by atoms with Crippen molar-refractivity contribution in [3.8, 4) is 11.5 Å². The van der Waals surface area contributed by atoms with Crippen molar-refractivity contribution in [1.29, 1.82) is 0 Å². The Kier molecular flexibility index (Phi) is 4.27. The number of para-hydroxylation sites is 1. The summed E-state index contributed by atoms with van der Waals surface area (Å²) in [5, 5.41) is 0.987. The van der Waals surface area contributed by atoms with Gasteiger partial charge in [0.05, 0.1) is 13.2 Å². The van der Waals surface area contributed by atoms with Gasteiger partial charge in [-0.05, 0) is 29.3 Å². The van der Waals surface area contributed by atoms with Gasteiger partial charge in [0.2, 0.25) is 12.7 Å². The first-order chi connectivity index (χ1) is 15.0. The number of amides is 1. The van der Waals surface area contributed by atoms with Crippen LogP contribution >= 0.6 is 11.6 Å². The summed E-state index contributed by atoms with van der Waals surface area (Å²) in [4.78, 5) is 30.6. The van der Waals surface area contributed by atoms with E-state index in [0.717, 1.165) is 22.2 Å². The lowest BCUT2D eigenvalue weighted by Crippen LogP contribution is -2.52. The van der Waals surface area contributed by atoms with Crippen LogP contribution < -0.4 is 9.47 Å². The average molecular weight is 428 g/mol. The van der Waals surface area contributed by atoms with Crippen LogP contribution in [-0.2, 0) is 20.7 Å². The Morgan fingerprint density at radius 2 is 2.07 bits per heavy atom. The largest absolute Gasteiger partial charge is 0.467 e. The number of alkyl halides is 1. The third kappa shape index (κ3) is 2.81. The van der Waals surface area contributed by atoms with Gasteiger partial charge in [0, 0.05) is 23.0 Å². The molecule has 154 valence electrons. The lowest BCUT2D eigenvalue weighted by atomic mass is 9.87. The van der Waals surface area contributed by atoms with Gasteiger partial charge in [0.25, 0.3) is 0 Å². The van der Waals surface area contributed by atoms with Gasteiger partial charge in [0.15, 0.2) is 11.5 Å². The minimum absolute atomic E-state index is 0.279. The van der Waals surface area contributed by atoms with E-state index >= 15 is 0 Å². The Bertz CT molecular complexity index is 1200. The number of aromatic nitrogens is 1. The number of aromatic amines is 1. The second kappa shape index (κ2) is 7.25. The van der Waals surface area contributed by atoms with Crippen molar-refractivity contribution < 1.29 is 25.2 Å². The highest BCUT2D eigenvalue weighted by atomic mass is 35.5. The molecule has 0 fully saturated rings. The third-order valence-corrected chi connectivity index (χ3v) is 5.87. The number of nitrogens with zero attached hydrogens (tertiary/aromatic N) is 1. The molecular weight excluding hydrogens is 408 g/mol. The first-order valence-electron chi connectivity index (χ1n) is 10.0. The SMILES string of the molecule is [2H]C1Oc2ccc([C@@H]3c4[nH]c5ccccc5c4C[C@H](C(=O)OC)N3C(=O)CCl)cc2O1. The van der Waals surface area contributed by atoms with Crippen LogP contribution in [0.3, 0.4) is 0 Å². The molecule has 0 aliphatic carbocycles. The van der Waals surface area contributed by atoms with Crippen molar-refractivity contribution in [2.75, 3.05) is 19.8 Å². The van der Waals surface area contributed by atoms with E-state index in [1.807, 2.05) is 24.3 Å². The number of carbonyl (C=O) groups excluding carboxylic acids is 2. The van der Waals surface area contributed by atoms with E-state index in [2.05, 4.69) is 4.98 Å². The van der Waals surface area contributed by atoms with Crippen molar-refractivity contribution >= 4 is 34.4 Å². The molecule has 2 aliphatic rings. The molecule has 8 heteroatoms. The summed E-state index contributed by atoms with van der Waals surface area (Å²) >= 11 is 5.95. The number of nitrogens with one attached hydrogen (secondary N) is 1. The van der Waals surface area contributed by atoms with E-state index in [9.17, 15) is 9.59 Å². The van der Waals surface area contributed by atoms with Crippen LogP contribution in [0.25, 0.3) is 10.9 Å². The van der Waals surface area contributed by atoms with Crippen molar-refractivity contribution in [3.05, 3.63) is 59.3 Å². The molecule has 0 saturated heterocycles. The van der Waals surface area contributed by atoms with Gasteiger partial charge in [-0.1, -0.05) is 24.3 Å². The minimum Gasteiger partial charge on any atom is -0.467 e. The van der Waals surface area contributed by atoms with Gasteiger partial charge in [-0.2, -0.15) is 0 Å². The summed E-state index contributed by atoms with van der Waals surface area (Å²) in [6.07, 6.45) is 0.310. The maximum Gasteiger partial charge on any atom is 0.328 e. The number of ether oxygens (including phenoxy) is 3. The minimum atomic E-state index is -1.14. The lowest BCUT2D eigenvalue weighted by molar-refractivity contribution is -0.154. The smallest absolute Gasteiger partial charge is 0.328 e. The number of hydrogen-bond donors (Lipinski definition) is 1. The van der Waals surface area contributed by atoms with Gasteiger partial charge in [-0.25, -0.2) is 4.79 Å². The topological polar surface area (TPSA) is 80.9 Å². The fourth-order valence-electron chi connectivity index (χ4n) is 4.34. The Labute approximate surface area is 178 Å². The van der Waals surface area contributed by atoms with E-state index in [0.29, 0.717) is 23.5 Å². The Balaban J connectivity index is 1.73. The molecule has 0 bridgehead atoms. The molecule has 0 radical (unpaired) electrons. The van der Waals surface area contributed by atoms with E-state index in [1.54, 1.807) is 18.2 Å². The predicted molar refractivity (Wildman–Crippen MR) is 110 cm³/mol. The maximum absolute atomic E-state index is 13.0. The highest BCUT2D eigenvalue weighted by Gasteiger charge is 2.44. The maximum atomic E-state index is 13.0. The summed E-state index contributed by atoms with van der Waals surface area (Å²) in [5.41, 5.74) is 3.37. The van der Waals surface area contributed by atoms with Crippen LogP contribution in [0.4, 0.5) is 0 Å². The molecule has 0 saturated carbocycles. The first-order valence-corrected chi connectivity index (χ1v) is 9.99. The first kappa shape index (κ1) is 17.7. The zero-order chi connectivity index (χ0) is 21.7. The van der Waals surface area contributed by atoms with Crippen LogP contribution in [0.2, 0.25) is 0 Å². The average Bonchev–Trinajstić information content (AvgIpc) is 3.35. The molecule has 1 unspecified atom stereocenters. The van der Waals surface area contributed by atoms with E-state index in [4.69, 9.17) is 27.2 Å². The highest BCUT2D eigenvalue weighted by molar-refractivity contribution is 6.27. The summed E-state index contributed by atoms with van der Waals surface area (Å²) < 4.78 is 23.4. The van der Waals surface area contributed by atoms with Crippen molar-refractivity contribution in [2.24, 2.45) is 0 Å². The van der Waals surface area contributed by atoms with E-state index in [-0.39, 0.29) is 11.8 Å². The zero-order valence-electron chi connectivity index (χ0n) is 17.1. The molecule has 1 amide bonds. The summed E-state index contributed by atoms with van der Waals surface area (Å²) in [5.74, 6) is -0.308.